The van der Waals surface area contributed by atoms with E-state index in [2.05, 4.69) is 30.8 Å². The zero-order valence-corrected chi connectivity index (χ0v) is 14.8. The van der Waals surface area contributed by atoms with Crippen LogP contribution in [0.5, 0.6) is 0 Å². The number of sulfonamides is 1. The van der Waals surface area contributed by atoms with Gasteiger partial charge in [-0.1, -0.05) is 32.9 Å². The van der Waals surface area contributed by atoms with Gasteiger partial charge >= 0.3 is 0 Å². The fourth-order valence-corrected chi connectivity index (χ4v) is 3.02. The number of benzene rings is 1. The van der Waals surface area contributed by atoms with Gasteiger partial charge in [-0.3, -0.25) is 4.79 Å². The summed E-state index contributed by atoms with van der Waals surface area (Å²) in [6, 6.07) is 10.1. The predicted molar refractivity (Wildman–Crippen MR) is 90.9 cm³/mol. The second kappa shape index (κ2) is 7.19. The van der Waals surface area contributed by atoms with E-state index in [9.17, 15) is 13.2 Å². The monoisotopic (exact) mass is 350 g/mol. The Hall–Kier alpha value is -2.12. The molecule has 2 aromatic rings. The molecule has 0 saturated carbocycles. The molecule has 1 aromatic heterocycles. The molecule has 130 valence electrons. The van der Waals surface area contributed by atoms with E-state index >= 15 is 0 Å². The quantitative estimate of drug-likeness (QED) is 0.836. The Bertz CT molecular complexity index is 773. The van der Waals surface area contributed by atoms with Crippen molar-refractivity contribution in [3.63, 3.8) is 0 Å². The molecule has 24 heavy (non-hydrogen) atoms. The summed E-state index contributed by atoms with van der Waals surface area (Å²) in [6.07, 6.45) is 1.51. The molecule has 0 bridgehead atoms. The number of furan rings is 1. The standard InChI is InChI=1S/C17H22N2O4S/c1-17(2,3)13-6-8-15(9-7-13)24(21,22)19-12-16(20)18-11-14-5-4-10-23-14/h4-10,19H,11-12H2,1-3H3,(H,18,20). The Morgan fingerprint density at radius 3 is 2.33 bits per heavy atom. The van der Waals surface area contributed by atoms with Crippen LogP contribution in [0.25, 0.3) is 0 Å². The Morgan fingerprint density at radius 2 is 1.79 bits per heavy atom. The van der Waals surface area contributed by atoms with Crippen LogP contribution in [0.15, 0.2) is 52.0 Å². The van der Waals surface area contributed by atoms with E-state index < -0.39 is 15.9 Å². The van der Waals surface area contributed by atoms with Crippen molar-refractivity contribution in [2.75, 3.05) is 6.54 Å². The van der Waals surface area contributed by atoms with Crippen molar-refractivity contribution in [3.8, 4) is 0 Å². The van der Waals surface area contributed by atoms with Crippen LogP contribution in [-0.2, 0) is 26.8 Å². The molecule has 2 rings (SSSR count). The first-order valence-electron chi connectivity index (χ1n) is 7.58. The Labute approximate surface area is 142 Å². The van der Waals surface area contributed by atoms with Crippen molar-refractivity contribution < 1.29 is 17.6 Å². The molecule has 7 heteroatoms. The summed E-state index contributed by atoms with van der Waals surface area (Å²) in [5.74, 6) is 0.172. The Morgan fingerprint density at radius 1 is 1.12 bits per heavy atom. The van der Waals surface area contributed by atoms with Gasteiger partial charge in [0.1, 0.15) is 5.76 Å². The number of carbonyl (C=O) groups excluding carboxylic acids is 1. The van der Waals surface area contributed by atoms with Crippen molar-refractivity contribution >= 4 is 15.9 Å². The third kappa shape index (κ3) is 4.94. The number of carbonyl (C=O) groups is 1. The maximum Gasteiger partial charge on any atom is 0.241 e. The molecule has 0 saturated heterocycles. The Balaban J connectivity index is 1.92. The number of nitrogens with one attached hydrogen (secondary N) is 2. The lowest BCUT2D eigenvalue weighted by molar-refractivity contribution is -0.120. The van der Waals surface area contributed by atoms with Crippen LogP contribution < -0.4 is 10.0 Å². The topological polar surface area (TPSA) is 88.4 Å². The minimum Gasteiger partial charge on any atom is -0.467 e. The van der Waals surface area contributed by atoms with E-state index in [0.29, 0.717) is 5.76 Å². The van der Waals surface area contributed by atoms with E-state index in [1.165, 1.54) is 6.26 Å². The Kier molecular flexibility index (Phi) is 5.46. The zero-order valence-electron chi connectivity index (χ0n) is 14.0. The maximum absolute atomic E-state index is 12.2. The third-order valence-corrected chi connectivity index (χ3v) is 4.91. The van der Waals surface area contributed by atoms with Gasteiger partial charge in [-0.2, -0.15) is 0 Å². The minimum absolute atomic E-state index is 0.0541. The van der Waals surface area contributed by atoms with Gasteiger partial charge < -0.3 is 9.73 Å². The van der Waals surface area contributed by atoms with Gasteiger partial charge in [-0.25, -0.2) is 13.1 Å². The summed E-state index contributed by atoms with van der Waals surface area (Å²) >= 11 is 0. The molecule has 0 aliphatic heterocycles. The van der Waals surface area contributed by atoms with E-state index in [1.807, 2.05) is 0 Å². The number of hydrogen-bond donors (Lipinski definition) is 2. The summed E-state index contributed by atoms with van der Waals surface area (Å²) in [5, 5.41) is 2.58. The van der Waals surface area contributed by atoms with Crippen LogP contribution >= 0.6 is 0 Å². The van der Waals surface area contributed by atoms with Gasteiger partial charge in [0.2, 0.25) is 15.9 Å². The van der Waals surface area contributed by atoms with Crippen molar-refractivity contribution in [2.45, 2.75) is 37.6 Å². The molecule has 1 amide bonds. The van der Waals surface area contributed by atoms with Crippen LogP contribution in [0.3, 0.4) is 0 Å². The first kappa shape index (κ1) is 18.2. The molecule has 2 N–H and O–H groups in total. The summed E-state index contributed by atoms with van der Waals surface area (Å²) in [5.41, 5.74) is 0.985. The molecule has 0 spiro atoms. The fourth-order valence-electron chi connectivity index (χ4n) is 2.04. The van der Waals surface area contributed by atoms with Gasteiger partial charge in [0.15, 0.2) is 0 Å². The van der Waals surface area contributed by atoms with Crippen molar-refractivity contribution in [2.24, 2.45) is 0 Å². The number of hydrogen-bond acceptors (Lipinski definition) is 4. The van der Waals surface area contributed by atoms with Crippen molar-refractivity contribution in [1.82, 2.24) is 10.0 Å². The van der Waals surface area contributed by atoms with Crippen LogP contribution in [0.4, 0.5) is 0 Å². The summed E-state index contributed by atoms with van der Waals surface area (Å²) < 4.78 is 31.8. The molecular formula is C17H22N2O4S. The molecule has 0 radical (unpaired) electrons. The fraction of sp³-hybridized carbons (Fsp3) is 0.353. The van der Waals surface area contributed by atoms with E-state index in [0.717, 1.165) is 5.56 Å². The molecule has 0 aliphatic carbocycles. The first-order chi connectivity index (χ1) is 11.2. The summed E-state index contributed by atoms with van der Waals surface area (Å²) in [4.78, 5) is 11.9. The average Bonchev–Trinajstić information content (AvgIpc) is 3.04. The van der Waals surface area contributed by atoms with Crippen LogP contribution in [0.1, 0.15) is 32.1 Å². The zero-order chi connectivity index (χ0) is 17.8. The van der Waals surface area contributed by atoms with Gasteiger partial charge in [0.05, 0.1) is 24.2 Å². The van der Waals surface area contributed by atoms with Crippen LogP contribution in [0.2, 0.25) is 0 Å². The highest BCUT2D eigenvalue weighted by molar-refractivity contribution is 7.89. The molecule has 0 aliphatic rings. The molecule has 6 nitrogen and oxygen atoms in total. The lowest BCUT2D eigenvalue weighted by Gasteiger charge is -2.19. The summed E-state index contributed by atoms with van der Waals surface area (Å²) in [6.45, 7) is 6.05. The molecule has 1 heterocycles. The molecular weight excluding hydrogens is 328 g/mol. The van der Waals surface area contributed by atoms with Gasteiger partial charge in [0, 0.05) is 0 Å². The van der Waals surface area contributed by atoms with Crippen molar-refractivity contribution in [1.29, 1.82) is 0 Å². The van der Waals surface area contributed by atoms with E-state index in [4.69, 9.17) is 4.42 Å². The van der Waals surface area contributed by atoms with Gasteiger partial charge in [-0.05, 0) is 35.2 Å². The lowest BCUT2D eigenvalue weighted by atomic mass is 9.87. The smallest absolute Gasteiger partial charge is 0.241 e. The molecule has 0 unspecified atom stereocenters. The first-order valence-corrected chi connectivity index (χ1v) is 9.06. The predicted octanol–water partition coefficient (Wildman–Crippen LogP) is 2.17. The molecule has 0 fully saturated rings. The van der Waals surface area contributed by atoms with E-state index in [1.54, 1.807) is 36.4 Å². The molecule has 0 atom stereocenters. The molecule has 1 aromatic carbocycles. The average molecular weight is 350 g/mol. The lowest BCUT2D eigenvalue weighted by Crippen LogP contribution is -2.36. The van der Waals surface area contributed by atoms with Crippen LogP contribution in [-0.4, -0.2) is 20.9 Å². The van der Waals surface area contributed by atoms with Crippen molar-refractivity contribution in [3.05, 3.63) is 54.0 Å². The highest BCUT2D eigenvalue weighted by Crippen LogP contribution is 2.23. The van der Waals surface area contributed by atoms with E-state index in [-0.39, 0.29) is 23.4 Å². The van der Waals surface area contributed by atoms with Gasteiger partial charge in [0.25, 0.3) is 0 Å². The largest absolute Gasteiger partial charge is 0.467 e. The number of amides is 1. The number of rotatable bonds is 6. The minimum atomic E-state index is -3.72. The second-order valence-electron chi connectivity index (χ2n) is 6.46. The highest BCUT2D eigenvalue weighted by Gasteiger charge is 2.18. The van der Waals surface area contributed by atoms with Gasteiger partial charge in [-0.15, -0.1) is 0 Å². The van der Waals surface area contributed by atoms with Crippen LogP contribution in [0, 0.1) is 0 Å². The second-order valence-corrected chi connectivity index (χ2v) is 8.22. The third-order valence-electron chi connectivity index (χ3n) is 3.49. The highest BCUT2D eigenvalue weighted by atomic mass is 32.2. The SMILES string of the molecule is CC(C)(C)c1ccc(S(=O)(=O)NCC(=O)NCc2ccco2)cc1. The summed E-state index contributed by atoms with van der Waals surface area (Å²) in [7, 11) is -3.72. The normalized spacial score (nSPS) is 12.1. The maximum atomic E-state index is 12.2.